The number of carbonyl (C=O) groups is 4. The van der Waals surface area contributed by atoms with Crippen molar-refractivity contribution in [1.82, 2.24) is 15.1 Å². The highest BCUT2D eigenvalue weighted by Crippen LogP contribution is 2.26. The van der Waals surface area contributed by atoms with Crippen LogP contribution in [0.1, 0.15) is 63.0 Å². The second-order valence-electron chi connectivity index (χ2n) is 12.0. The van der Waals surface area contributed by atoms with Gasteiger partial charge in [0.1, 0.15) is 11.8 Å². The highest BCUT2D eigenvalue weighted by molar-refractivity contribution is 5.94. The third-order valence-electron chi connectivity index (χ3n) is 8.44. The number of Topliss-reactive ketones (excluding diaryl/α,β-unsaturated/α-hetero) is 1. The molecule has 2 aromatic rings. The molecule has 1 N–H and O–H groups in total. The minimum Gasteiger partial charge on any atom is -0.494 e. The summed E-state index contributed by atoms with van der Waals surface area (Å²) in [6.07, 6.45) is 3.46. The predicted octanol–water partition coefficient (Wildman–Crippen LogP) is 4.59. The molecule has 44 heavy (non-hydrogen) atoms. The Labute approximate surface area is 258 Å². The molecule has 3 amide bonds. The van der Waals surface area contributed by atoms with Crippen LogP contribution in [0.4, 0.5) is 8.78 Å². The van der Waals surface area contributed by atoms with Crippen molar-refractivity contribution in [3.63, 3.8) is 0 Å². The van der Waals surface area contributed by atoms with E-state index in [2.05, 4.69) is 5.32 Å². The summed E-state index contributed by atoms with van der Waals surface area (Å²) in [7, 11) is 1.50. The van der Waals surface area contributed by atoms with Crippen LogP contribution in [0.5, 0.6) is 5.75 Å². The molecule has 3 atom stereocenters. The van der Waals surface area contributed by atoms with Gasteiger partial charge in [-0.2, -0.15) is 0 Å². The number of carbonyl (C=O) groups excluding carboxylic acids is 4. The van der Waals surface area contributed by atoms with Gasteiger partial charge in [-0.1, -0.05) is 42.5 Å². The number of fused-ring (bicyclic) bond motifs is 2. The molecule has 0 unspecified atom stereocenters. The van der Waals surface area contributed by atoms with E-state index in [1.807, 2.05) is 54.6 Å². The minimum atomic E-state index is -3.11. The Balaban J connectivity index is 1.66. The van der Waals surface area contributed by atoms with Gasteiger partial charge in [0.05, 0.1) is 19.2 Å². The fraction of sp³-hybridized carbons (Fsp3) is 0.529. The molecule has 1 saturated heterocycles. The van der Waals surface area contributed by atoms with Gasteiger partial charge in [-0.15, -0.1) is 0 Å². The summed E-state index contributed by atoms with van der Waals surface area (Å²) < 4.78 is 33.2. The molecule has 8 nitrogen and oxygen atoms in total. The normalized spacial score (nSPS) is 22.5. The van der Waals surface area contributed by atoms with Gasteiger partial charge in [-0.25, -0.2) is 8.78 Å². The lowest BCUT2D eigenvalue weighted by molar-refractivity contribution is -0.145. The standard InChI is InChI=1S/C34H43F2N3O5/c1-34(35,36)23-37-32(42)28-14-6-7-19-44-27-13-8-12-25(20-27)21-29(39-18-9-15-31(39)41)30(40)22-26(33(43)38(28)2)17-16-24-10-4-3-5-11-24/h3-5,8,10-13,20,26,28-29H,6-7,9,14-19,21-23H2,1-2H3,(H,37,42)/t26-,28+,29+/m1/s1. The Morgan fingerprint density at radius 1 is 1.02 bits per heavy atom. The lowest BCUT2D eigenvalue weighted by atomic mass is 9.88. The zero-order chi connectivity index (χ0) is 31.7. The lowest BCUT2D eigenvalue weighted by Gasteiger charge is -2.32. The maximum atomic E-state index is 14.1. The average Bonchev–Trinajstić information content (AvgIpc) is 3.43. The van der Waals surface area contributed by atoms with Crippen molar-refractivity contribution in [2.75, 3.05) is 26.7 Å². The zero-order valence-corrected chi connectivity index (χ0v) is 25.6. The number of hydrogen-bond donors (Lipinski definition) is 1. The van der Waals surface area contributed by atoms with E-state index >= 15 is 0 Å². The largest absolute Gasteiger partial charge is 0.494 e. The number of alkyl halides is 2. The molecule has 0 spiro atoms. The molecule has 2 aliphatic rings. The van der Waals surface area contributed by atoms with E-state index in [0.717, 1.165) is 18.1 Å². The SMILES string of the molecule is CN1C(=O)[C@H](CCc2ccccc2)CC(=O)[C@@H](N2CCCC2=O)Cc2cccc(c2)OCCCC[C@H]1C(=O)NCC(C)(F)F. The van der Waals surface area contributed by atoms with Crippen LogP contribution < -0.4 is 10.1 Å². The Morgan fingerprint density at radius 3 is 2.50 bits per heavy atom. The molecule has 2 aliphatic heterocycles. The summed E-state index contributed by atoms with van der Waals surface area (Å²) >= 11 is 0. The summed E-state index contributed by atoms with van der Waals surface area (Å²) in [5, 5.41) is 2.31. The van der Waals surface area contributed by atoms with Crippen molar-refractivity contribution in [3.8, 4) is 5.75 Å². The highest BCUT2D eigenvalue weighted by atomic mass is 19.3. The summed E-state index contributed by atoms with van der Waals surface area (Å²) in [5.41, 5.74) is 1.87. The van der Waals surface area contributed by atoms with Gasteiger partial charge in [-0.05, 0) is 61.8 Å². The third kappa shape index (κ3) is 9.34. The number of nitrogens with zero attached hydrogens (tertiary/aromatic N) is 2. The number of aryl methyl sites for hydroxylation is 1. The summed E-state index contributed by atoms with van der Waals surface area (Å²) in [6, 6.07) is 15.4. The van der Waals surface area contributed by atoms with Gasteiger partial charge in [-0.3, -0.25) is 19.2 Å². The first-order valence-corrected chi connectivity index (χ1v) is 15.5. The van der Waals surface area contributed by atoms with Crippen LogP contribution in [0.25, 0.3) is 0 Å². The molecular weight excluding hydrogens is 568 g/mol. The number of likely N-dealkylation sites (N-methyl/N-ethyl adjacent to an activating group) is 1. The van der Waals surface area contributed by atoms with Crippen molar-refractivity contribution in [2.24, 2.45) is 5.92 Å². The number of amides is 3. The molecular formula is C34H43F2N3O5. The van der Waals surface area contributed by atoms with Gasteiger partial charge in [0, 0.05) is 45.7 Å². The van der Waals surface area contributed by atoms with Crippen LogP contribution in [-0.2, 0) is 32.0 Å². The second-order valence-corrected chi connectivity index (χ2v) is 12.0. The van der Waals surface area contributed by atoms with Gasteiger partial charge in [0.15, 0.2) is 5.78 Å². The Bertz CT molecular complexity index is 1300. The molecule has 2 heterocycles. The molecule has 0 radical (unpaired) electrons. The topological polar surface area (TPSA) is 96.0 Å². The maximum Gasteiger partial charge on any atom is 0.262 e. The number of halogens is 2. The van der Waals surface area contributed by atoms with E-state index in [4.69, 9.17) is 4.74 Å². The number of rotatable bonds is 7. The van der Waals surface area contributed by atoms with E-state index in [0.29, 0.717) is 63.8 Å². The summed E-state index contributed by atoms with van der Waals surface area (Å²) in [5.74, 6) is -4.59. The molecule has 0 aromatic heterocycles. The third-order valence-corrected chi connectivity index (χ3v) is 8.44. The number of ether oxygens (including phenoxy) is 1. The fourth-order valence-electron chi connectivity index (χ4n) is 5.99. The van der Waals surface area contributed by atoms with E-state index in [1.165, 1.54) is 11.9 Å². The van der Waals surface area contributed by atoms with Crippen LogP contribution in [0.15, 0.2) is 54.6 Å². The molecule has 2 aromatic carbocycles. The van der Waals surface area contributed by atoms with Gasteiger partial charge in [0.25, 0.3) is 5.92 Å². The van der Waals surface area contributed by atoms with E-state index in [-0.39, 0.29) is 24.5 Å². The maximum absolute atomic E-state index is 14.1. The highest BCUT2D eigenvalue weighted by Gasteiger charge is 2.37. The zero-order valence-electron chi connectivity index (χ0n) is 25.6. The van der Waals surface area contributed by atoms with E-state index in [9.17, 15) is 28.0 Å². The first-order chi connectivity index (χ1) is 21.0. The second kappa shape index (κ2) is 15.3. The monoisotopic (exact) mass is 611 g/mol. The van der Waals surface area contributed by atoms with Crippen LogP contribution in [-0.4, -0.2) is 78.1 Å². The molecule has 238 valence electrons. The van der Waals surface area contributed by atoms with Gasteiger partial charge < -0.3 is 19.9 Å². The van der Waals surface area contributed by atoms with Crippen LogP contribution >= 0.6 is 0 Å². The number of hydrogen-bond acceptors (Lipinski definition) is 5. The van der Waals surface area contributed by atoms with Crippen molar-refractivity contribution in [3.05, 3.63) is 65.7 Å². The van der Waals surface area contributed by atoms with Gasteiger partial charge >= 0.3 is 0 Å². The molecule has 1 fully saturated rings. The van der Waals surface area contributed by atoms with Crippen molar-refractivity contribution in [2.45, 2.75) is 82.7 Å². The first-order valence-electron chi connectivity index (χ1n) is 15.5. The molecule has 4 rings (SSSR count). The Hall–Kier alpha value is -3.82. The Kier molecular flexibility index (Phi) is 11.5. The quantitative estimate of drug-likeness (QED) is 0.494. The number of nitrogens with one attached hydrogen (secondary N) is 1. The van der Waals surface area contributed by atoms with Crippen molar-refractivity contribution in [1.29, 1.82) is 0 Å². The summed E-state index contributed by atoms with van der Waals surface area (Å²) in [6.45, 7) is 0.707. The van der Waals surface area contributed by atoms with Crippen LogP contribution in [0.2, 0.25) is 0 Å². The van der Waals surface area contributed by atoms with Crippen molar-refractivity contribution >= 4 is 23.5 Å². The number of ketones is 1. The van der Waals surface area contributed by atoms with E-state index in [1.54, 1.807) is 4.90 Å². The number of benzene rings is 2. The average molecular weight is 612 g/mol. The molecule has 10 heteroatoms. The molecule has 0 saturated carbocycles. The molecule has 0 aliphatic carbocycles. The van der Waals surface area contributed by atoms with Crippen molar-refractivity contribution < 1.29 is 32.7 Å². The van der Waals surface area contributed by atoms with Crippen LogP contribution in [0, 0.1) is 5.92 Å². The fourth-order valence-corrected chi connectivity index (χ4v) is 5.99. The summed E-state index contributed by atoms with van der Waals surface area (Å²) in [4.78, 5) is 57.1. The minimum absolute atomic E-state index is 0.0844. The predicted molar refractivity (Wildman–Crippen MR) is 162 cm³/mol. The lowest BCUT2D eigenvalue weighted by Crippen LogP contribution is -2.51. The smallest absolute Gasteiger partial charge is 0.262 e. The van der Waals surface area contributed by atoms with Gasteiger partial charge in [0.2, 0.25) is 17.7 Å². The Morgan fingerprint density at radius 2 is 1.80 bits per heavy atom. The first kappa shape index (κ1) is 33.1. The number of likely N-dealkylation sites (tertiary alicyclic amines) is 1. The van der Waals surface area contributed by atoms with E-state index < -0.39 is 42.3 Å². The molecule has 2 bridgehead atoms. The van der Waals surface area contributed by atoms with Crippen LogP contribution in [0.3, 0.4) is 0 Å².